The van der Waals surface area contributed by atoms with Gasteiger partial charge in [0, 0.05) is 43.7 Å². The van der Waals surface area contributed by atoms with Gasteiger partial charge < -0.3 is 20.3 Å². The van der Waals surface area contributed by atoms with Crippen molar-refractivity contribution in [3.63, 3.8) is 0 Å². The minimum atomic E-state index is -0.192. The van der Waals surface area contributed by atoms with E-state index in [2.05, 4.69) is 31.4 Å². The van der Waals surface area contributed by atoms with Crippen LogP contribution in [0.3, 0.4) is 0 Å². The summed E-state index contributed by atoms with van der Waals surface area (Å²) < 4.78 is 5.70. The van der Waals surface area contributed by atoms with Gasteiger partial charge in [-0.2, -0.15) is 0 Å². The van der Waals surface area contributed by atoms with Crippen LogP contribution in [-0.2, 0) is 21.5 Å². The quantitative estimate of drug-likeness (QED) is 0.634. The predicted octanol–water partition coefficient (Wildman–Crippen LogP) is 3.67. The smallest absolute Gasteiger partial charge is 0.254 e. The van der Waals surface area contributed by atoms with Gasteiger partial charge in [-0.15, -0.1) is 0 Å². The number of carbonyl (C=O) groups is 3. The average molecular weight is 480 g/mol. The molecule has 2 N–H and O–H groups in total. The Morgan fingerprint density at radius 2 is 1.46 bits per heavy atom. The maximum absolute atomic E-state index is 12.8. The van der Waals surface area contributed by atoms with Crippen LogP contribution in [0, 0.1) is 0 Å². The fourth-order valence-electron chi connectivity index (χ4n) is 4.09. The van der Waals surface area contributed by atoms with Gasteiger partial charge in [-0.1, -0.05) is 45.0 Å². The first kappa shape index (κ1) is 26.4. The van der Waals surface area contributed by atoms with Crippen LogP contribution in [0.1, 0.15) is 72.9 Å². The molecular weight excluding hydrogens is 442 g/mol. The van der Waals surface area contributed by atoms with Gasteiger partial charge in [-0.05, 0) is 54.7 Å². The summed E-state index contributed by atoms with van der Waals surface area (Å²) in [6, 6.07) is 14.8. The average Bonchev–Trinajstić information content (AvgIpc) is 2.81. The van der Waals surface area contributed by atoms with E-state index in [1.807, 2.05) is 55.1 Å². The van der Waals surface area contributed by atoms with Crippen LogP contribution in [0.25, 0.3) is 0 Å². The van der Waals surface area contributed by atoms with Gasteiger partial charge in [0.2, 0.25) is 5.91 Å². The molecule has 188 valence electrons. The summed E-state index contributed by atoms with van der Waals surface area (Å²) in [5.74, 6) is -0.348. The summed E-state index contributed by atoms with van der Waals surface area (Å²) >= 11 is 0. The Labute approximate surface area is 208 Å². The third-order valence-electron chi connectivity index (χ3n) is 6.05. The van der Waals surface area contributed by atoms with Crippen molar-refractivity contribution in [1.82, 2.24) is 15.5 Å². The second-order valence-corrected chi connectivity index (χ2v) is 10.3. The molecule has 2 unspecified atom stereocenters. The van der Waals surface area contributed by atoms with Crippen LogP contribution < -0.4 is 10.6 Å². The molecule has 7 nitrogen and oxygen atoms in total. The number of nitrogens with zero attached hydrogens (tertiary/aromatic N) is 1. The van der Waals surface area contributed by atoms with E-state index in [4.69, 9.17) is 4.74 Å². The van der Waals surface area contributed by atoms with Gasteiger partial charge in [0.1, 0.15) is 0 Å². The molecule has 1 aliphatic rings. The van der Waals surface area contributed by atoms with Gasteiger partial charge in [-0.25, -0.2) is 0 Å². The molecule has 1 saturated heterocycles. The van der Waals surface area contributed by atoms with E-state index >= 15 is 0 Å². The van der Waals surface area contributed by atoms with E-state index in [-0.39, 0.29) is 48.3 Å². The molecule has 1 aliphatic heterocycles. The Morgan fingerprint density at radius 1 is 0.886 bits per heavy atom. The molecule has 2 aromatic rings. The van der Waals surface area contributed by atoms with Crippen LogP contribution >= 0.6 is 0 Å². The van der Waals surface area contributed by atoms with Crippen molar-refractivity contribution in [2.24, 2.45) is 0 Å². The molecule has 2 atom stereocenters. The number of morpholine rings is 1. The molecule has 0 radical (unpaired) electrons. The van der Waals surface area contributed by atoms with Crippen LogP contribution in [0.2, 0.25) is 0 Å². The summed E-state index contributed by atoms with van der Waals surface area (Å²) in [5.41, 5.74) is 3.30. The first-order valence-electron chi connectivity index (χ1n) is 12.2. The zero-order chi connectivity index (χ0) is 25.6. The molecule has 2 aromatic carbocycles. The lowest BCUT2D eigenvalue weighted by molar-refractivity contribution is -0.121. The highest BCUT2D eigenvalue weighted by atomic mass is 16.5. The van der Waals surface area contributed by atoms with Gasteiger partial charge in [-0.3, -0.25) is 14.4 Å². The molecule has 3 rings (SSSR count). The van der Waals surface area contributed by atoms with Gasteiger partial charge in [0.15, 0.2) is 0 Å². The van der Waals surface area contributed by atoms with Crippen molar-refractivity contribution in [3.05, 3.63) is 70.8 Å². The minimum absolute atomic E-state index is 0.00799. The van der Waals surface area contributed by atoms with Gasteiger partial charge in [0.25, 0.3) is 11.8 Å². The molecule has 0 aromatic heterocycles. The van der Waals surface area contributed by atoms with Crippen molar-refractivity contribution in [1.29, 1.82) is 0 Å². The second kappa shape index (κ2) is 11.5. The van der Waals surface area contributed by atoms with E-state index in [1.165, 1.54) is 0 Å². The molecular formula is C28H37N3O4. The SMILES string of the molecule is CC1CN(C(=O)c2ccc(CNC(=O)CCNC(=O)c3ccc(C(C)(C)C)cc3)cc2)CC(C)O1. The monoisotopic (exact) mass is 479 g/mol. The second-order valence-electron chi connectivity index (χ2n) is 10.3. The highest BCUT2D eigenvalue weighted by Gasteiger charge is 2.26. The molecule has 0 bridgehead atoms. The Bertz CT molecular complexity index is 1020. The number of rotatable bonds is 7. The summed E-state index contributed by atoms with van der Waals surface area (Å²) in [4.78, 5) is 39.1. The number of carbonyl (C=O) groups excluding carboxylic acids is 3. The number of nitrogens with one attached hydrogen (secondary N) is 2. The number of hydrogen-bond donors (Lipinski definition) is 2. The van der Waals surface area contributed by atoms with Crippen LogP contribution in [-0.4, -0.2) is 54.5 Å². The van der Waals surface area contributed by atoms with Crippen molar-refractivity contribution in [2.45, 2.75) is 65.2 Å². The molecule has 0 aliphatic carbocycles. The van der Waals surface area contributed by atoms with Crippen molar-refractivity contribution in [3.8, 4) is 0 Å². The highest BCUT2D eigenvalue weighted by molar-refractivity contribution is 5.95. The van der Waals surface area contributed by atoms with E-state index in [0.29, 0.717) is 30.8 Å². The lowest BCUT2D eigenvalue weighted by atomic mass is 9.87. The summed E-state index contributed by atoms with van der Waals surface area (Å²) in [6.45, 7) is 12.1. The first-order valence-corrected chi connectivity index (χ1v) is 12.2. The van der Waals surface area contributed by atoms with Crippen LogP contribution in [0.15, 0.2) is 48.5 Å². The summed E-state index contributed by atoms with van der Waals surface area (Å²) in [7, 11) is 0. The zero-order valence-electron chi connectivity index (χ0n) is 21.4. The maximum atomic E-state index is 12.8. The molecule has 0 saturated carbocycles. The Hall–Kier alpha value is -3.19. The largest absolute Gasteiger partial charge is 0.372 e. The van der Waals surface area contributed by atoms with Crippen molar-refractivity contribution >= 4 is 17.7 Å². The van der Waals surface area contributed by atoms with Gasteiger partial charge >= 0.3 is 0 Å². The number of amides is 3. The standard InChI is InChI=1S/C28H37N3O4/c1-19-17-31(18-20(2)35-19)27(34)23-8-6-21(7-9-23)16-30-25(32)14-15-29-26(33)22-10-12-24(13-11-22)28(3,4)5/h6-13,19-20H,14-18H2,1-5H3,(H,29,33)(H,30,32). The number of hydrogen-bond acceptors (Lipinski definition) is 4. The fourth-order valence-corrected chi connectivity index (χ4v) is 4.09. The molecule has 35 heavy (non-hydrogen) atoms. The van der Waals surface area contributed by atoms with E-state index in [9.17, 15) is 14.4 Å². The predicted molar refractivity (Wildman–Crippen MR) is 136 cm³/mol. The Morgan fingerprint density at radius 3 is 2.03 bits per heavy atom. The normalized spacial score (nSPS) is 18.1. The fraction of sp³-hybridized carbons (Fsp3) is 0.464. The van der Waals surface area contributed by atoms with Crippen molar-refractivity contribution in [2.75, 3.05) is 19.6 Å². The Kier molecular flexibility index (Phi) is 8.67. The maximum Gasteiger partial charge on any atom is 0.254 e. The van der Waals surface area contributed by atoms with Crippen LogP contribution in [0.5, 0.6) is 0 Å². The molecule has 7 heteroatoms. The lowest BCUT2D eigenvalue weighted by Crippen LogP contribution is -2.48. The first-order chi connectivity index (χ1) is 16.5. The van der Waals surface area contributed by atoms with Crippen LogP contribution in [0.4, 0.5) is 0 Å². The Balaban J connectivity index is 1.40. The van der Waals surface area contributed by atoms with E-state index in [1.54, 1.807) is 12.1 Å². The summed E-state index contributed by atoms with van der Waals surface area (Å²) in [6.07, 6.45) is 0.238. The van der Waals surface area contributed by atoms with E-state index in [0.717, 1.165) is 11.1 Å². The highest BCUT2D eigenvalue weighted by Crippen LogP contribution is 2.22. The van der Waals surface area contributed by atoms with Crippen molar-refractivity contribution < 1.29 is 19.1 Å². The number of benzene rings is 2. The summed E-state index contributed by atoms with van der Waals surface area (Å²) in [5, 5.41) is 5.65. The third kappa shape index (κ3) is 7.65. The zero-order valence-corrected chi connectivity index (χ0v) is 21.4. The topological polar surface area (TPSA) is 87.7 Å². The molecule has 1 fully saturated rings. The lowest BCUT2D eigenvalue weighted by Gasteiger charge is -2.35. The molecule has 0 spiro atoms. The number of ether oxygens (including phenoxy) is 1. The minimum Gasteiger partial charge on any atom is -0.372 e. The molecule has 3 amide bonds. The third-order valence-corrected chi connectivity index (χ3v) is 6.05. The molecule has 1 heterocycles. The van der Waals surface area contributed by atoms with E-state index < -0.39 is 0 Å². The van der Waals surface area contributed by atoms with Gasteiger partial charge in [0.05, 0.1) is 12.2 Å².